The average Bonchev–Trinajstić information content (AvgIpc) is 3.53. The van der Waals surface area contributed by atoms with Crippen LogP contribution in [0.5, 0.6) is 17.5 Å². The second-order valence-electron chi connectivity index (χ2n) is 16.0. The molecule has 0 radical (unpaired) electrons. The minimum atomic E-state index is -3.92. The lowest BCUT2D eigenvalue weighted by Gasteiger charge is -2.35. The summed E-state index contributed by atoms with van der Waals surface area (Å²) in [7, 11) is -3.74. The summed E-state index contributed by atoms with van der Waals surface area (Å²) in [5.74, 6) is 0.314. The highest BCUT2D eigenvalue weighted by atomic mass is 35.5. The maximum atomic E-state index is 14.4. The molecule has 3 N–H and O–H groups in total. The van der Waals surface area contributed by atoms with Crippen LogP contribution in [0.3, 0.4) is 0 Å². The van der Waals surface area contributed by atoms with Crippen molar-refractivity contribution in [2.24, 2.45) is 11.8 Å². The van der Waals surface area contributed by atoms with Crippen molar-refractivity contribution < 1.29 is 46.0 Å². The van der Waals surface area contributed by atoms with Gasteiger partial charge in [-0.25, -0.2) is 13.2 Å². The van der Waals surface area contributed by atoms with E-state index in [0.29, 0.717) is 32.8 Å². The SMILES string of the molecule is CC(C)(C)OC(=O)N1CCN(c2nc(Nc3cc(S(C)(=O)=O)ccc3N[C@@H](c3cccc4c3OC(F)(F)O4)c3ncccc3Cl)nc(OC[C@H]3CC[C@H](CO)CC3)n2)CC1. The Balaban J connectivity index is 1.24. The molecular weight excluding hydrogens is 826 g/mol. The standard InChI is InChI=1S/C40H47ClF2N8O8S/c1-39(2,3)59-38(53)51-19-17-50(18-20-51)36-47-35(48-37(49-36)56-23-25-12-10-24(22-52)11-13-25)46-30-21-26(60(4,54)55)14-15-29(30)45-32(33-28(41)8-6-16-44-33)27-7-5-9-31-34(27)58-40(42,43)57-31/h5-9,14-16,21,24-25,32,45,52H,10-13,17-20,22-23H2,1-4H3,(H,46,47,48,49)/t24-,25-,32-/m0/s1. The van der Waals surface area contributed by atoms with E-state index in [4.69, 9.17) is 35.5 Å². The Morgan fingerprint density at radius 2 is 1.73 bits per heavy atom. The van der Waals surface area contributed by atoms with Crippen molar-refractivity contribution in [1.29, 1.82) is 0 Å². The van der Waals surface area contributed by atoms with Crippen LogP contribution in [0.2, 0.25) is 5.02 Å². The number of para-hydroxylation sites is 1. The van der Waals surface area contributed by atoms with Crippen LogP contribution in [0.15, 0.2) is 59.6 Å². The van der Waals surface area contributed by atoms with Gasteiger partial charge in [-0.15, -0.1) is 8.78 Å². The number of rotatable bonds is 12. The van der Waals surface area contributed by atoms with E-state index in [-0.39, 0.29) is 80.4 Å². The summed E-state index contributed by atoms with van der Waals surface area (Å²) in [6, 6.07) is 10.9. The van der Waals surface area contributed by atoms with Crippen LogP contribution >= 0.6 is 11.6 Å². The second kappa shape index (κ2) is 17.4. The maximum absolute atomic E-state index is 14.4. The molecule has 3 aliphatic rings. The smallest absolute Gasteiger partial charge is 0.463 e. The molecule has 1 amide bonds. The van der Waals surface area contributed by atoms with Crippen LogP contribution in [0.1, 0.15) is 63.8 Å². The number of nitrogens with one attached hydrogen (secondary N) is 2. The normalized spacial score (nSPS) is 19.4. The van der Waals surface area contributed by atoms with Gasteiger partial charge in [0.15, 0.2) is 21.3 Å². The van der Waals surface area contributed by atoms with E-state index in [1.54, 1.807) is 43.9 Å². The fourth-order valence-electron chi connectivity index (χ4n) is 7.18. The fourth-order valence-corrected chi connectivity index (χ4v) is 8.05. The molecule has 16 nitrogen and oxygen atoms in total. The third kappa shape index (κ3) is 10.4. The summed E-state index contributed by atoms with van der Waals surface area (Å²) in [5.41, 5.74) is 0.274. The Morgan fingerprint density at radius 1 is 1.00 bits per heavy atom. The number of halogens is 3. The van der Waals surface area contributed by atoms with E-state index in [9.17, 15) is 27.1 Å². The molecule has 1 aliphatic carbocycles. The molecule has 2 aliphatic heterocycles. The highest BCUT2D eigenvalue weighted by Gasteiger charge is 2.45. The lowest BCUT2D eigenvalue weighted by Crippen LogP contribution is -2.50. The van der Waals surface area contributed by atoms with E-state index in [1.165, 1.54) is 36.5 Å². The minimum absolute atomic E-state index is 0.00617. The van der Waals surface area contributed by atoms with Gasteiger partial charge < -0.3 is 44.5 Å². The molecule has 20 heteroatoms. The first kappa shape index (κ1) is 42.8. The minimum Gasteiger partial charge on any atom is -0.463 e. The predicted molar refractivity (Wildman–Crippen MR) is 218 cm³/mol. The molecule has 2 aromatic heterocycles. The number of aromatic nitrogens is 4. The summed E-state index contributed by atoms with van der Waals surface area (Å²) in [5, 5.41) is 16.3. The first-order valence-electron chi connectivity index (χ1n) is 19.5. The van der Waals surface area contributed by atoms with Crippen LogP contribution in [0, 0.1) is 11.8 Å². The topological polar surface area (TPSA) is 190 Å². The van der Waals surface area contributed by atoms with Crippen LogP contribution in [0.4, 0.5) is 36.8 Å². The Morgan fingerprint density at radius 3 is 2.42 bits per heavy atom. The van der Waals surface area contributed by atoms with Gasteiger partial charge in [-0.2, -0.15) is 15.0 Å². The number of alkyl halides is 2. The number of anilines is 4. The Labute approximate surface area is 351 Å². The molecule has 0 spiro atoms. The number of pyridine rings is 1. The number of carbonyl (C=O) groups is 1. The number of sulfone groups is 1. The molecular formula is C40H47ClF2N8O8S. The molecule has 4 aromatic rings. The number of carbonyl (C=O) groups excluding carboxylic acids is 1. The van der Waals surface area contributed by atoms with Gasteiger partial charge >= 0.3 is 18.4 Å². The zero-order valence-corrected chi connectivity index (χ0v) is 35.1. The van der Waals surface area contributed by atoms with Crippen molar-refractivity contribution in [3.05, 3.63) is 71.0 Å². The first-order chi connectivity index (χ1) is 28.4. The summed E-state index contributed by atoms with van der Waals surface area (Å²) in [6.07, 6.45) is 1.72. The summed E-state index contributed by atoms with van der Waals surface area (Å²) >= 11 is 6.66. The number of hydrogen-bond acceptors (Lipinski definition) is 15. The van der Waals surface area contributed by atoms with Crippen molar-refractivity contribution in [3.8, 4) is 17.5 Å². The van der Waals surface area contributed by atoms with E-state index >= 15 is 0 Å². The molecule has 1 atom stereocenters. The van der Waals surface area contributed by atoms with Gasteiger partial charge in [-0.1, -0.05) is 23.7 Å². The summed E-state index contributed by atoms with van der Waals surface area (Å²) in [6.45, 7) is 7.28. The van der Waals surface area contributed by atoms with Gasteiger partial charge in [0.25, 0.3) is 0 Å². The average molecular weight is 873 g/mol. The van der Waals surface area contributed by atoms with E-state index in [1.807, 2.05) is 4.90 Å². The second-order valence-corrected chi connectivity index (χ2v) is 18.4. The molecule has 0 bridgehead atoms. The van der Waals surface area contributed by atoms with Gasteiger partial charge in [0.05, 0.1) is 39.6 Å². The number of amides is 1. The Bertz CT molecular complexity index is 2310. The molecule has 2 aromatic carbocycles. The number of piperazine rings is 1. The monoisotopic (exact) mass is 872 g/mol. The zero-order chi connectivity index (χ0) is 42.8. The van der Waals surface area contributed by atoms with Crippen molar-refractivity contribution >= 4 is 50.8 Å². The molecule has 60 heavy (non-hydrogen) atoms. The van der Waals surface area contributed by atoms with Crippen molar-refractivity contribution in [2.75, 3.05) is 61.2 Å². The van der Waals surface area contributed by atoms with Crippen molar-refractivity contribution in [1.82, 2.24) is 24.8 Å². The number of ether oxygens (including phenoxy) is 4. The fraction of sp³-hybridized carbons (Fsp3) is 0.475. The number of nitrogens with zero attached hydrogens (tertiary/aromatic N) is 6. The number of benzene rings is 2. The largest absolute Gasteiger partial charge is 0.586 e. The summed E-state index contributed by atoms with van der Waals surface area (Å²) < 4.78 is 76.1. The summed E-state index contributed by atoms with van der Waals surface area (Å²) in [4.78, 5) is 34.7. The first-order valence-corrected chi connectivity index (χ1v) is 21.8. The predicted octanol–water partition coefficient (Wildman–Crippen LogP) is 6.82. The van der Waals surface area contributed by atoms with E-state index in [0.717, 1.165) is 31.9 Å². The van der Waals surface area contributed by atoms with Gasteiger partial charge in [0.2, 0.25) is 11.9 Å². The van der Waals surface area contributed by atoms with Gasteiger partial charge in [-0.05, 0) is 94.7 Å². The number of fused-ring (bicyclic) bond motifs is 1. The lowest BCUT2D eigenvalue weighted by molar-refractivity contribution is -0.287. The molecule has 1 saturated heterocycles. The highest BCUT2D eigenvalue weighted by molar-refractivity contribution is 7.90. The number of aliphatic hydroxyl groups is 1. The Kier molecular flexibility index (Phi) is 12.4. The van der Waals surface area contributed by atoms with E-state index in [2.05, 4.69) is 25.6 Å². The highest BCUT2D eigenvalue weighted by Crippen LogP contribution is 2.48. The Hall–Kier alpha value is -5.27. The lowest BCUT2D eigenvalue weighted by atomic mass is 9.83. The molecule has 2 fully saturated rings. The quantitative estimate of drug-likeness (QED) is 0.134. The number of hydrogen-bond donors (Lipinski definition) is 3. The van der Waals surface area contributed by atoms with Gasteiger partial charge in [0.1, 0.15) is 5.60 Å². The van der Waals surface area contributed by atoms with Gasteiger partial charge in [-0.3, -0.25) is 4.98 Å². The molecule has 0 unspecified atom stereocenters. The zero-order valence-electron chi connectivity index (χ0n) is 33.5. The van der Waals surface area contributed by atoms with Crippen molar-refractivity contribution in [3.63, 3.8) is 0 Å². The number of aliphatic hydroxyl groups excluding tert-OH is 1. The van der Waals surface area contributed by atoms with Gasteiger partial charge in [0, 0.05) is 50.8 Å². The van der Waals surface area contributed by atoms with Crippen LogP contribution < -0.4 is 29.7 Å². The molecule has 1 saturated carbocycles. The molecule has 4 heterocycles. The van der Waals surface area contributed by atoms with Crippen LogP contribution in [0.25, 0.3) is 0 Å². The molecule has 7 rings (SSSR count). The van der Waals surface area contributed by atoms with Crippen molar-refractivity contribution in [2.45, 2.75) is 69.3 Å². The van der Waals surface area contributed by atoms with Crippen LogP contribution in [-0.2, 0) is 14.6 Å². The maximum Gasteiger partial charge on any atom is 0.586 e. The third-order valence-corrected chi connectivity index (χ3v) is 11.7. The van der Waals surface area contributed by atoms with E-state index < -0.39 is 33.9 Å². The third-order valence-electron chi connectivity index (χ3n) is 10.3. The molecule has 322 valence electrons. The van der Waals surface area contributed by atoms with Crippen LogP contribution in [-0.4, -0.2) is 102 Å².